The highest BCUT2D eigenvalue weighted by Crippen LogP contribution is 2.24. The van der Waals surface area contributed by atoms with Crippen LogP contribution in [0.5, 0.6) is 5.75 Å². The summed E-state index contributed by atoms with van der Waals surface area (Å²) in [6.07, 6.45) is 3.59. The molecular weight excluding hydrogens is 328 g/mol. The molecule has 0 saturated heterocycles. The molecule has 2 rings (SSSR count). The van der Waals surface area contributed by atoms with Crippen molar-refractivity contribution in [3.05, 3.63) is 46.7 Å². The van der Waals surface area contributed by atoms with Gasteiger partial charge >= 0.3 is 0 Å². The van der Waals surface area contributed by atoms with Crippen molar-refractivity contribution in [2.75, 3.05) is 12.9 Å². The summed E-state index contributed by atoms with van der Waals surface area (Å²) in [6.45, 7) is 0.663. The zero-order chi connectivity index (χ0) is 13.7. The third kappa shape index (κ3) is 4.18. The molecule has 0 radical (unpaired) electrons. The Morgan fingerprint density at radius 2 is 2.32 bits per heavy atom. The Balaban J connectivity index is 1.96. The van der Waals surface area contributed by atoms with E-state index in [1.165, 1.54) is 0 Å². The van der Waals surface area contributed by atoms with Gasteiger partial charge in [-0.25, -0.2) is 0 Å². The molecule has 4 nitrogen and oxygen atoms in total. The zero-order valence-corrected chi connectivity index (χ0v) is 13.0. The third-order valence-electron chi connectivity index (χ3n) is 2.67. The van der Waals surface area contributed by atoms with E-state index in [0.29, 0.717) is 18.1 Å². The Morgan fingerprint density at radius 3 is 3.00 bits per heavy atom. The second-order valence-corrected chi connectivity index (χ2v) is 6.51. The first-order valence-electron chi connectivity index (χ1n) is 5.84. The topological polar surface area (TPSA) is 44.1 Å². The second-order valence-electron chi connectivity index (χ2n) is 4.01. The summed E-state index contributed by atoms with van der Waals surface area (Å²) in [5, 5.41) is 4.09. The van der Waals surface area contributed by atoms with Crippen molar-refractivity contribution in [1.29, 1.82) is 0 Å². The molecule has 1 aromatic carbocycles. The van der Waals surface area contributed by atoms with Gasteiger partial charge in [-0.1, -0.05) is 15.9 Å². The van der Waals surface area contributed by atoms with Crippen LogP contribution >= 0.6 is 15.9 Å². The molecule has 102 valence electrons. The minimum atomic E-state index is -0.937. The van der Waals surface area contributed by atoms with Crippen LogP contribution in [0, 0.1) is 0 Å². The fraction of sp³-hybridized carbons (Fsp3) is 0.308. The lowest BCUT2D eigenvalue weighted by Crippen LogP contribution is -2.10. The zero-order valence-electron chi connectivity index (χ0n) is 10.6. The monoisotopic (exact) mass is 342 g/mol. The number of ether oxygens (including phenoxy) is 1. The summed E-state index contributed by atoms with van der Waals surface area (Å²) < 4.78 is 20.1. The Bertz CT molecular complexity index is 558. The average molecular weight is 343 g/mol. The number of hydrogen-bond donors (Lipinski definition) is 0. The van der Waals surface area contributed by atoms with Crippen LogP contribution in [0.2, 0.25) is 0 Å². The molecule has 0 fully saturated rings. The van der Waals surface area contributed by atoms with Gasteiger partial charge in [0.15, 0.2) is 0 Å². The number of aryl methyl sites for hydroxylation is 1. The van der Waals surface area contributed by atoms with Crippen LogP contribution < -0.4 is 4.74 Å². The average Bonchev–Trinajstić information content (AvgIpc) is 2.90. The van der Waals surface area contributed by atoms with E-state index < -0.39 is 10.8 Å². The molecule has 6 heteroatoms. The molecule has 0 amide bonds. The number of hydrogen-bond acceptors (Lipinski definition) is 3. The van der Waals surface area contributed by atoms with Crippen LogP contribution in [0.3, 0.4) is 0 Å². The van der Waals surface area contributed by atoms with E-state index in [1.54, 1.807) is 18.0 Å². The molecule has 1 atom stereocenters. The minimum Gasteiger partial charge on any atom is -0.496 e. The first-order chi connectivity index (χ1) is 9.19. The van der Waals surface area contributed by atoms with Crippen LogP contribution in [0.25, 0.3) is 0 Å². The molecule has 1 heterocycles. The van der Waals surface area contributed by atoms with Gasteiger partial charge in [0.2, 0.25) is 0 Å². The normalized spacial score (nSPS) is 12.3. The highest BCUT2D eigenvalue weighted by atomic mass is 79.9. The molecule has 0 aliphatic heterocycles. The summed E-state index contributed by atoms with van der Waals surface area (Å²) in [7, 11) is 0.687. The maximum atomic E-state index is 12.1. The predicted octanol–water partition coefficient (Wildman–Crippen LogP) is 2.60. The maximum absolute atomic E-state index is 12.1. The van der Waals surface area contributed by atoms with Crippen molar-refractivity contribution in [2.24, 2.45) is 0 Å². The van der Waals surface area contributed by atoms with Crippen molar-refractivity contribution in [3.8, 4) is 5.75 Å². The van der Waals surface area contributed by atoms with Crippen molar-refractivity contribution < 1.29 is 8.95 Å². The Hall–Kier alpha value is -1.14. The molecule has 2 aromatic rings. The van der Waals surface area contributed by atoms with E-state index in [4.69, 9.17) is 4.74 Å². The number of methoxy groups -OCH3 is 1. The summed E-state index contributed by atoms with van der Waals surface area (Å²) in [5.74, 6) is 1.84. The van der Waals surface area contributed by atoms with Gasteiger partial charge in [-0.2, -0.15) is 5.10 Å². The Kier molecular flexibility index (Phi) is 5.15. The number of nitrogens with zero attached hydrogens (tertiary/aromatic N) is 2. The van der Waals surface area contributed by atoms with E-state index in [1.807, 2.05) is 30.5 Å². The van der Waals surface area contributed by atoms with E-state index >= 15 is 0 Å². The van der Waals surface area contributed by atoms with Gasteiger partial charge in [0.05, 0.1) is 19.4 Å². The Labute approximate surface area is 123 Å². The van der Waals surface area contributed by atoms with Crippen molar-refractivity contribution in [3.63, 3.8) is 0 Å². The first kappa shape index (κ1) is 14.3. The molecule has 0 N–H and O–H groups in total. The lowest BCUT2D eigenvalue weighted by atomic mass is 10.2. The molecule has 0 aliphatic carbocycles. The SMILES string of the molecule is COc1ccc(Br)cc1C[S@@](=O)CCn1cccn1. The van der Waals surface area contributed by atoms with Gasteiger partial charge in [0.25, 0.3) is 0 Å². The van der Waals surface area contributed by atoms with Crippen LogP contribution in [0.1, 0.15) is 5.56 Å². The molecule has 0 bridgehead atoms. The number of rotatable bonds is 6. The van der Waals surface area contributed by atoms with Crippen molar-refractivity contribution in [1.82, 2.24) is 9.78 Å². The van der Waals surface area contributed by atoms with Crippen LogP contribution in [-0.2, 0) is 23.1 Å². The predicted molar refractivity (Wildman–Crippen MR) is 79.6 cm³/mol. The fourth-order valence-electron chi connectivity index (χ4n) is 1.73. The van der Waals surface area contributed by atoms with Gasteiger partial charge in [-0.05, 0) is 24.3 Å². The molecule has 0 saturated carbocycles. The van der Waals surface area contributed by atoms with Gasteiger partial charge < -0.3 is 4.74 Å². The van der Waals surface area contributed by atoms with Gasteiger partial charge in [-0.3, -0.25) is 8.89 Å². The lowest BCUT2D eigenvalue weighted by molar-refractivity contribution is 0.411. The molecular formula is C13H15BrN2O2S. The second kappa shape index (κ2) is 6.86. The number of halogens is 1. The summed E-state index contributed by atoms with van der Waals surface area (Å²) in [4.78, 5) is 0. The van der Waals surface area contributed by atoms with E-state index in [0.717, 1.165) is 15.8 Å². The van der Waals surface area contributed by atoms with E-state index in [9.17, 15) is 4.21 Å². The van der Waals surface area contributed by atoms with Crippen molar-refractivity contribution >= 4 is 26.7 Å². The minimum absolute atomic E-state index is 0.490. The first-order valence-corrected chi connectivity index (χ1v) is 8.12. The third-order valence-corrected chi connectivity index (χ3v) is 4.43. The molecule has 0 unspecified atom stereocenters. The fourth-order valence-corrected chi connectivity index (χ4v) is 3.25. The van der Waals surface area contributed by atoms with Gasteiger partial charge in [-0.15, -0.1) is 0 Å². The number of benzene rings is 1. The smallest absolute Gasteiger partial charge is 0.123 e. The standard InChI is InChI=1S/C13H15BrN2O2S/c1-18-13-4-3-12(14)9-11(13)10-19(17)8-7-16-6-2-5-15-16/h2-6,9H,7-8,10H2,1H3/t19-/m0/s1. The molecule has 0 spiro atoms. The number of aromatic nitrogens is 2. The summed E-state index contributed by atoms with van der Waals surface area (Å²) >= 11 is 3.42. The Morgan fingerprint density at radius 1 is 1.47 bits per heavy atom. The quantitative estimate of drug-likeness (QED) is 0.810. The largest absolute Gasteiger partial charge is 0.496 e. The van der Waals surface area contributed by atoms with Crippen molar-refractivity contribution in [2.45, 2.75) is 12.3 Å². The van der Waals surface area contributed by atoms with E-state index in [-0.39, 0.29) is 0 Å². The van der Waals surface area contributed by atoms with Gasteiger partial charge in [0.1, 0.15) is 5.75 Å². The highest BCUT2D eigenvalue weighted by molar-refractivity contribution is 9.10. The lowest BCUT2D eigenvalue weighted by Gasteiger charge is -2.09. The maximum Gasteiger partial charge on any atom is 0.123 e. The van der Waals surface area contributed by atoms with Crippen LogP contribution in [-0.4, -0.2) is 26.9 Å². The molecule has 0 aliphatic rings. The summed E-state index contributed by atoms with van der Waals surface area (Å²) in [6, 6.07) is 7.60. The van der Waals surface area contributed by atoms with Gasteiger partial charge in [0, 0.05) is 39.0 Å². The highest BCUT2D eigenvalue weighted by Gasteiger charge is 2.08. The van der Waals surface area contributed by atoms with Crippen LogP contribution in [0.4, 0.5) is 0 Å². The van der Waals surface area contributed by atoms with E-state index in [2.05, 4.69) is 21.0 Å². The summed E-state index contributed by atoms with van der Waals surface area (Å²) in [5.41, 5.74) is 0.954. The molecule has 19 heavy (non-hydrogen) atoms. The van der Waals surface area contributed by atoms with Crippen LogP contribution in [0.15, 0.2) is 41.1 Å². The molecule has 1 aromatic heterocycles.